The van der Waals surface area contributed by atoms with Gasteiger partial charge < -0.3 is 16.0 Å². The van der Waals surface area contributed by atoms with E-state index < -0.39 is 24.0 Å². The number of H-pyrrole nitrogens is 1. The smallest absolute Gasteiger partial charge is 0.251 e. The number of amides is 4. The first-order valence-corrected chi connectivity index (χ1v) is 13.5. The molecule has 0 saturated heterocycles. The summed E-state index contributed by atoms with van der Waals surface area (Å²) in [6.45, 7) is 5.75. The van der Waals surface area contributed by atoms with Gasteiger partial charge in [0.15, 0.2) is 0 Å². The third kappa shape index (κ3) is 5.45. The van der Waals surface area contributed by atoms with Crippen molar-refractivity contribution >= 4 is 29.3 Å². The molecule has 3 atom stereocenters. The molecule has 2 aliphatic rings. The summed E-state index contributed by atoms with van der Waals surface area (Å²) in [4.78, 5) is 55.2. The van der Waals surface area contributed by atoms with Gasteiger partial charge in [-0.3, -0.25) is 24.1 Å². The highest BCUT2D eigenvalue weighted by Crippen LogP contribution is 2.39. The summed E-state index contributed by atoms with van der Waals surface area (Å²) in [6, 6.07) is 10.5. The van der Waals surface area contributed by atoms with Gasteiger partial charge in [-0.25, -0.2) is 0 Å². The Hall–Kier alpha value is -4.54. The van der Waals surface area contributed by atoms with Crippen LogP contribution in [0.2, 0.25) is 0 Å². The number of carbonyl (C=O) groups is 4. The highest BCUT2D eigenvalue weighted by Gasteiger charge is 2.44. The first-order valence-electron chi connectivity index (χ1n) is 13.5. The Labute approximate surface area is 232 Å². The number of hydrogen-bond acceptors (Lipinski definition) is 6. The van der Waals surface area contributed by atoms with Gasteiger partial charge in [0.25, 0.3) is 5.91 Å². The second-order valence-corrected chi connectivity index (χ2v) is 10.7. The van der Waals surface area contributed by atoms with E-state index >= 15 is 0 Å². The van der Waals surface area contributed by atoms with Gasteiger partial charge in [-0.2, -0.15) is 15.4 Å². The van der Waals surface area contributed by atoms with Gasteiger partial charge in [-0.05, 0) is 48.9 Å². The number of aryl methyl sites for hydroxylation is 2. The van der Waals surface area contributed by atoms with Crippen LogP contribution in [-0.4, -0.2) is 57.2 Å². The van der Waals surface area contributed by atoms with Crippen LogP contribution >= 0.6 is 0 Å². The first-order chi connectivity index (χ1) is 19.2. The van der Waals surface area contributed by atoms with Gasteiger partial charge in [-0.1, -0.05) is 49.7 Å². The lowest BCUT2D eigenvalue weighted by molar-refractivity contribution is -0.130. The maximum atomic E-state index is 13.9. The number of para-hydroxylation sites is 1. The zero-order chi connectivity index (χ0) is 28.4. The van der Waals surface area contributed by atoms with Crippen LogP contribution in [-0.2, 0) is 33.8 Å². The lowest BCUT2D eigenvalue weighted by atomic mass is 9.99. The van der Waals surface area contributed by atoms with Crippen LogP contribution in [0.1, 0.15) is 53.0 Å². The SMILES string of the molecule is Cc1cccc(C(=O)N[C@H](C(=O)N[C@H]2CCc3cccc4c3N(C2=O)[C@H](C(=O)NCc2cn[nH]n2)C4)C(C)C)c1. The topological polar surface area (TPSA) is 149 Å². The fourth-order valence-electron chi connectivity index (χ4n) is 5.39. The molecular formula is C29H33N7O4. The average molecular weight is 544 g/mol. The number of hydrogen-bond donors (Lipinski definition) is 4. The minimum atomic E-state index is -0.853. The van der Waals surface area contributed by atoms with Gasteiger partial charge >= 0.3 is 0 Å². The number of carbonyl (C=O) groups excluding carboxylic acids is 4. The number of nitrogens with one attached hydrogen (secondary N) is 4. The number of aromatic amines is 1. The van der Waals surface area contributed by atoms with Gasteiger partial charge in [-0.15, -0.1) is 0 Å². The summed E-state index contributed by atoms with van der Waals surface area (Å²) < 4.78 is 0. The molecule has 11 heteroatoms. The van der Waals surface area contributed by atoms with Crippen LogP contribution in [0.5, 0.6) is 0 Å². The fraction of sp³-hybridized carbons (Fsp3) is 0.379. The molecule has 0 bridgehead atoms. The van der Waals surface area contributed by atoms with Crippen LogP contribution < -0.4 is 20.9 Å². The molecule has 0 radical (unpaired) electrons. The van der Waals surface area contributed by atoms with Crippen molar-refractivity contribution in [1.29, 1.82) is 0 Å². The van der Waals surface area contributed by atoms with Gasteiger partial charge in [0.1, 0.15) is 23.8 Å². The normalized spacial score (nSPS) is 18.6. The number of rotatable bonds is 8. The predicted molar refractivity (Wildman–Crippen MR) is 147 cm³/mol. The Balaban J connectivity index is 1.34. The van der Waals surface area contributed by atoms with Crippen LogP contribution in [0.25, 0.3) is 0 Å². The summed E-state index contributed by atoms with van der Waals surface area (Å²) >= 11 is 0. The van der Waals surface area contributed by atoms with Crippen molar-refractivity contribution in [2.75, 3.05) is 4.90 Å². The standard InChI is InChI=1S/C29H33N7O4/c1-16(2)24(33-26(37)20-9-4-6-17(3)12-20)28(39)32-22-11-10-18-7-5-8-19-13-23(36(25(18)19)29(22)40)27(38)30-14-21-15-31-35-34-21/h4-9,12,15-16,22-24H,10-11,13-14H2,1-3H3,(H,30,38)(H,32,39)(H,33,37)(H,31,34,35)/t22-,23-,24-/m0/s1. The molecule has 0 fully saturated rings. The van der Waals surface area contributed by atoms with Crippen LogP contribution in [0, 0.1) is 12.8 Å². The minimum absolute atomic E-state index is 0.175. The maximum absolute atomic E-state index is 13.9. The van der Waals surface area contributed by atoms with E-state index in [1.807, 2.05) is 45.0 Å². The highest BCUT2D eigenvalue weighted by atomic mass is 16.2. The zero-order valence-corrected chi connectivity index (χ0v) is 22.7. The number of anilines is 1. The van der Waals surface area contributed by atoms with Gasteiger partial charge in [0.2, 0.25) is 17.7 Å². The molecule has 1 aromatic heterocycles. The summed E-state index contributed by atoms with van der Waals surface area (Å²) in [5, 5.41) is 18.8. The summed E-state index contributed by atoms with van der Waals surface area (Å²) in [6.07, 6.45) is 2.84. The molecule has 0 saturated carbocycles. The van der Waals surface area contributed by atoms with E-state index in [0.29, 0.717) is 30.5 Å². The molecule has 0 unspecified atom stereocenters. The number of benzene rings is 2. The molecule has 3 aromatic rings. The molecule has 4 N–H and O–H groups in total. The van der Waals surface area contributed by atoms with Gasteiger partial charge in [0, 0.05) is 12.0 Å². The van der Waals surface area contributed by atoms with Gasteiger partial charge in [0.05, 0.1) is 18.4 Å². The van der Waals surface area contributed by atoms with Crippen LogP contribution in [0.4, 0.5) is 5.69 Å². The fourth-order valence-corrected chi connectivity index (χ4v) is 5.39. The second kappa shape index (κ2) is 11.3. The largest absolute Gasteiger partial charge is 0.348 e. The molecule has 2 aromatic carbocycles. The Kier molecular flexibility index (Phi) is 7.63. The molecule has 4 amide bonds. The van der Waals surface area contributed by atoms with Crippen molar-refractivity contribution in [1.82, 2.24) is 31.4 Å². The van der Waals surface area contributed by atoms with Crippen LogP contribution in [0.3, 0.4) is 0 Å². The Morgan fingerprint density at radius 2 is 1.90 bits per heavy atom. The molecule has 2 aliphatic heterocycles. The van der Waals surface area contributed by atoms with E-state index in [4.69, 9.17) is 0 Å². The van der Waals surface area contributed by atoms with Crippen molar-refractivity contribution in [3.05, 3.63) is 76.6 Å². The summed E-state index contributed by atoms with van der Waals surface area (Å²) in [7, 11) is 0. The number of nitrogens with zero attached hydrogens (tertiary/aromatic N) is 3. The molecule has 11 nitrogen and oxygen atoms in total. The molecule has 5 rings (SSSR count). The van der Waals surface area contributed by atoms with Crippen molar-refractivity contribution in [3.63, 3.8) is 0 Å². The molecule has 208 valence electrons. The first kappa shape index (κ1) is 27.0. The molecular weight excluding hydrogens is 510 g/mol. The van der Waals surface area contributed by atoms with E-state index in [0.717, 1.165) is 22.4 Å². The molecule has 0 spiro atoms. The number of aromatic nitrogens is 3. The zero-order valence-electron chi connectivity index (χ0n) is 22.7. The third-order valence-corrected chi connectivity index (χ3v) is 7.45. The van der Waals surface area contributed by atoms with E-state index in [9.17, 15) is 19.2 Å². The minimum Gasteiger partial charge on any atom is -0.348 e. The van der Waals surface area contributed by atoms with Crippen molar-refractivity contribution in [3.8, 4) is 0 Å². The Bertz CT molecular complexity index is 1440. The lowest BCUT2D eigenvalue weighted by Gasteiger charge is -2.29. The molecule has 0 aliphatic carbocycles. The van der Waals surface area contributed by atoms with E-state index in [1.54, 1.807) is 18.2 Å². The van der Waals surface area contributed by atoms with E-state index in [2.05, 4.69) is 31.4 Å². The average Bonchev–Trinajstić information content (AvgIpc) is 3.57. The van der Waals surface area contributed by atoms with Crippen LogP contribution in [0.15, 0.2) is 48.7 Å². The van der Waals surface area contributed by atoms with E-state index in [1.165, 1.54) is 11.1 Å². The second-order valence-electron chi connectivity index (χ2n) is 10.7. The van der Waals surface area contributed by atoms with E-state index in [-0.39, 0.29) is 30.2 Å². The third-order valence-electron chi connectivity index (χ3n) is 7.45. The predicted octanol–water partition coefficient (Wildman–Crippen LogP) is 1.57. The molecule has 40 heavy (non-hydrogen) atoms. The van der Waals surface area contributed by atoms with Crippen molar-refractivity contribution < 1.29 is 19.2 Å². The maximum Gasteiger partial charge on any atom is 0.251 e. The quantitative estimate of drug-likeness (QED) is 0.339. The molecule has 3 heterocycles. The lowest BCUT2D eigenvalue weighted by Crippen LogP contribution is -2.58. The summed E-state index contributed by atoms with van der Waals surface area (Å²) in [5.74, 6) is -1.67. The van der Waals surface area contributed by atoms with Crippen molar-refractivity contribution in [2.45, 2.75) is 64.7 Å². The monoisotopic (exact) mass is 543 g/mol. The highest BCUT2D eigenvalue weighted by molar-refractivity contribution is 6.08. The Morgan fingerprint density at radius 1 is 1.12 bits per heavy atom. The Morgan fingerprint density at radius 3 is 2.62 bits per heavy atom. The van der Waals surface area contributed by atoms with Crippen molar-refractivity contribution in [2.24, 2.45) is 5.92 Å². The summed E-state index contributed by atoms with van der Waals surface area (Å²) in [5.41, 5.74) is 4.60.